The number of aryl methyl sites for hydroxylation is 1. The minimum atomic E-state index is 0. The van der Waals surface area contributed by atoms with Crippen LogP contribution in [0, 0.1) is 5.41 Å². The van der Waals surface area contributed by atoms with Crippen LogP contribution in [0.3, 0.4) is 0 Å². The van der Waals surface area contributed by atoms with Crippen molar-refractivity contribution in [2.45, 2.75) is 39.8 Å². The van der Waals surface area contributed by atoms with Crippen molar-refractivity contribution in [3.63, 3.8) is 0 Å². The van der Waals surface area contributed by atoms with Crippen LogP contribution in [0.2, 0.25) is 0 Å². The maximum Gasteiger partial charge on any atom is 0.0534 e. The van der Waals surface area contributed by atoms with Gasteiger partial charge < -0.3 is 10.2 Å². The first-order chi connectivity index (χ1) is 10.7. The van der Waals surface area contributed by atoms with Crippen LogP contribution < -0.4 is 5.32 Å². The third-order valence-electron chi connectivity index (χ3n) is 5.16. The molecule has 23 heavy (non-hydrogen) atoms. The third kappa shape index (κ3) is 5.18. The molecule has 1 N–H and O–H groups in total. The van der Waals surface area contributed by atoms with Crippen molar-refractivity contribution in [1.29, 1.82) is 0 Å². The fraction of sp³-hybridized carbons (Fsp3) is 0.824. The van der Waals surface area contributed by atoms with Gasteiger partial charge in [0.25, 0.3) is 0 Å². The number of aromatic nitrogens is 2. The molecule has 5 nitrogen and oxygen atoms in total. The van der Waals surface area contributed by atoms with Gasteiger partial charge >= 0.3 is 0 Å². The lowest BCUT2D eigenvalue weighted by Gasteiger charge is -2.31. The van der Waals surface area contributed by atoms with Crippen LogP contribution in [0.5, 0.6) is 0 Å². The summed E-state index contributed by atoms with van der Waals surface area (Å²) in [5.41, 5.74) is 1.83. The van der Waals surface area contributed by atoms with E-state index in [1.807, 2.05) is 10.9 Å². The second-order valence-electron chi connectivity index (χ2n) is 7.35. The summed E-state index contributed by atoms with van der Waals surface area (Å²) in [4.78, 5) is 5.27. The van der Waals surface area contributed by atoms with Gasteiger partial charge in [-0.2, -0.15) is 5.10 Å². The van der Waals surface area contributed by atoms with E-state index < -0.39 is 0 Å². The highest BCUT2D eigenvalue weighted by molar-refractivity contribution is 5.85. The lowest BCUT2D eigenvalue weighted by molar-refractivity contribution is 0.178. The Morgan fingerprint density at radius 2 is 2.00 bits per heavy atom. The molecule has 1 aromatic heterocycles. The van der Waals surface area contributed by atoms with Gasteiger partial charge in [-0.3, -0.25) is 9.58 Å². The summed E-state index contributed by atoms with van der Waals surface area (Å²) in [6, 6.07) is 0. The normalized spacial score (nSPS) is 26.9. The molecular formula is C17H32ClN5. The Bertz CT molecular complexity index is 469. The minimum Gasteiger partial charge on any atom is -0.316 e. The molecule has 0 aromatic carbocycles. The van der Waals surface area contributed by atoms with Crippen LogP contribution in [-0.4, -0.2) is 65.4 Å². The lowest BCUT2D eigenvalue weighted by atomic mass is 9.89. The van der Waals surface area contributed by atoms with Crippen LogP contribution in [0.4, 0.5) is 0 Å². The largest absolute Gasteiger partial charge is 0.316 e. The molecule has 1 unspecified atom stereocenters. The monoisotopic (exact) mass is 341 g/mol. The zero-order valence-corrected chi connectivity index (χ0v) is 15.4. The average molecular weight is 342 g/mol. The molecule has 0 spiro atoms. The lowest BCUT2D eigenvalue weighted by Crippen LogP contribution is -2.39. The maximum atomic E-state index is 4.39. The van der Waals surface area contributed by atoms with Crippen LogP contribution in [0.15, 0.2) is 12.4 Å². The third-order valence-corrected chi connectivity index (χ3v) is 5.16. The summed E-state index contributed by atoms with van der Waals surface area (Å²) in [5.74, 6) is 0. The molecule has 2 aliphatic rings. The summed E-state index contributed by atoms with van der Waals surface area (Å²) < 4.78 is 2.02. The van der Waals surface area contributed by atoms with Gasteiger partial charge in [0, 0.05) is 51.0 Å². The van der Waals surface area contributed by atoms with Gasteiger partial charge in [-0.05, 0) is 44.8 Å². The SMILES string of the molecule is CCn1cc(CN2CCCN(CC3(C)CCNC3)CC2)cn1.Cl. The van der Waals surface area contributed by atoms with Crippen LogP contribution >= 0.6 is 12.4 Å². The van der Waals surface area contributed by atoms with Crippen LogP contribution in [0.1, 0.15) is 32.3 Å². The minimum absolute atomic E-state index is 0. The van der Waals surface area contributed by atoms with E-state index in [0.717, 1.165) is 13.1 Å². The predicted octanol–water partition coefficient (Wildman–Crippen LogP) is 1.83. The topological polar surface area (TPSA) is 36.3 Å². The molecule has 0 radical (unpaired) electrons. The Morgan fingerprint density at radius 3 is 2.70 bits per heavy atom. The standard InChI is InChI=1S/C17H31N5.ClH/c1-3-22-13-16(11-19-22)12-20-7-4-8-21(10-9-20)15-17(2)5-6-18-14-17;/h11,13,18H,3-10,12,14-15H2,1-2H3;1H. The fourth-order valence-corrected chi connectivity index (χ4v) is 3.80. The summed E-state index contributed by atoms with van der Waals surface area (Å²) in [5, 5.41) is 7.91. The van der Waals surface area contributed by atoms with Gasteiger partial charge in [-0.15, -0.1) is 12.4 Å². The molecular weight excluding hydrogens is 310 g/mol. The second kappa shape index (κ2) is 8.47. The van der Waals surface area contributed by atoms with E-state index in [2.05, 4.69) is 40.3 Å². The van der Waals surface area contributed by atoms with Crippen molar-refractivity contribution in [2.75, 3.05) is 45.8 Å². The molecule has 132 valence electrons. The van der Waals surface area contributed by atoms with E-state index in [4.69, 9.17) is 0 Å². The number of hydrogen-bond donors (Lipinski definition) is 1. The summed E-state index contributed by atoms with van der Waals surface area (Å²) in [6.07, 6.45) is 6.82. The maximum absolute atomic E-state index is 4.39. The smallest absolute Gasteiger partial charge is 0.0534 e. The predicted molar refractivity (Wildman–Crippen MR) is 97.1 cm³/mol. The first kappa shape index (κ1) is 18.7. The highest BCUT2D eigenvalue weighted by atomic mass is 35.5. The molecule has 3 heterocycles. The molecule has 2 aliphatic heterocycles. The second-order valence-corrected chi connectivity index (χ2v) is 7.35. The molecule has 2 saturated heterocycles. The number of halogens is 1. The van der Waals surface area contributed by atoms with Gasteiger partial charge in [-0.1, -0.05) is 6.92 Å². The summed E-state index contributed by atoms with van der Waals surface area (Å²) in [7, 11) is 0. The van der Waals surface area contributed by atoms with Crippen molar-refractivity contribution in [2.24, 2.45) is 5.41 Å². The summed E-state index contributed by atoms with van der Waals surface area (Å²) in [6.45, 7) is 15.1. The summed E-state index contributed by atoms with van der Waals surface area (Å²) >= 11 is 0. The molecule has 6 heteroatoms. The zero-order valence-electron chi connectivity index (χ0n) is 14.6. The number of hydrogen-bond acceptors (Lipinski definition) is 4. The van der Waals surface area contributed by atoms with Gasteiger partial charge in [0.2, 0.25) is 0 Å². The van der Waals surface area contributed by atoms with Gasteiger partial charge in [0.1, 0.15) is 0 Å². The van der Waals surface area contributed by atoms with Gasteiger partial charge in [0.05, 0.1) is 6.20 Å². The Morgan fingerprint density at radius 1 is 1.22 bits per heavy atom. The number of nitrogens with zero attached hydrogens (tertiary/aromatic N) is 4. The number of nitrogens with one attached hydrogen (secondary N) is 1. The molecule has 0 aliphatic carbocycles. The Kier molecular flexibility index (Phi) is 6.89. The highest BCUT2D eigenvalue weighted by Crippen LogP contribution is 2.26. The van der Waals surface area contributed by atoms with E-state index in [1.165, 1.54) is 64.2 Å². The first-order valence-corrected chi connectivity index (χ1v) is 8.84. The number of rotatable bonds is 5. The van der Waals surface area contributed by atoms with Crippen molar-refractivity contribution in [1.82, 2.24) is 24.9 Å². The molecule has 0 bridgehead atoms. The molecule has 0 saturated carbocycles. The molecule has 1 aromatic rings. The highest BCUT2D eigenvalue weighted by Gasteiger charge is 2.31. The molecule has 2 fully saturated rings. The molecule has 3 rings (SSSR count). The van der Waals surface area contributed by atoms with E-state index in [1.54, 1.807) is 0 Å². The molecule has 0 amide bonds. The van der Waals surface area contributed by atoms with E-state index in [9.17, 15) is 0 Å². The Hall–Kier alpha value is -0.620. The zero-order chi connectivity index (χ0) is 15.4. The van der Waals surface area contributed by atoms with Crippen molar-refractivity contribution < 1.29 is 0 Å². The van der Waals surface area contributed by atoms with E-state index in [0.29, 0.717) is 5.41 Å². The van der Waals surface area contributed by atoms with Gasteiger partial charge in [0.15, 0.2) is 0 Å². The quantitative estimate of drug-likeness (QED) is 0.886. The average Bonchev–Trinajstić information content (AvgIpc) is 3.07. The van der Waals surface area contributed by atoms with E-state index in [-0.39, 0.29) is 12.4 Å². The Balaban J connectivity index is 0.00000192. The van der Waals surface area contributed by atoms with Crippen LogP contribution in [-0.2, 0) is 13.1 Å². The first-order valence-electron chi connectivity index (χ1n) is 8.84. The van der Waals surface area contributed by atoms with Crippen LogP contribution in [0.25, 0.3) is 0 Å². The fourth-order valence-electron chi connectivity index (χ4n) is 3.80. The Labute approximate surface area is 146 Å². The molecule has 1 atom stereocenters. The van der Waals surface area contributed by atoms with E-state index >= 15 is 0 Å². The van der Waals surface area contributed by atoms with Gasteiger partial charge in [-0.25, -0.2) is 0 Å². The van der Waals surface area contributed by atoms with Crippen molar-refractivity contribution >= 4 is 12.4 Å². The van der Waals surface area contributed by atoms with Crippen molar-refractivity contribution in [3.8, 4) is 0 Å². The van der Waals surface area contributed by atoms with Crippen molar-refractivity contribution in [3.05, 3.63) is 18.0 Å².